The van der Waals surface area contributed by atoms with Crippen molar-refractivity contribution < 1.29 is 5.11 Å². The van der Waals surface area contributed by atoms with Crippen molar-refractivity contribution in [1.82, 2.24) is 10.2 Å². The Bertz CT molecular complexity index is 347. The van der Waals surface area contributed by atoms with Crippen LogP contribution in [-0.2, 0) is 6.42 Å². The van der Waals surface area contributed by atoms with Crippen molar-refractivity contribution in [2.24, 2.45) is 0 Å². The molecular weight excluding hydrogens is 236 g/mol. The van der Waals surface area contributed by atoms with Crippen molar-refractivity contribution in [3.05, 3.63) is 35.9 Å². The van der Waals surface area contributed by atoms with E-state index < -0.39 is 0 Å². The van der Waals surface area contributed by atoms with E-state index in [0.29, 0.717) is 6.04 Å². The highest BCUT2D eigenvalue weighted by Gasteiger charge is 2.20. The van der Waals surface area contributed by atoms with Crippen LogP contribution >= 0.6 is 0 Å². The molecule has 1 atom stereocenters. The van der Waals surface area contributed by atoms with Gasteiger partial charge in [-0.15, -0.1) is 0 Å². The molecule has 1 heterocycles. The number of nitrogens with one attached hydrogen (secondary N) is 1. The molecule has 1 saturated heterocycles. The van der Waals surface area contributed by atoms with Gasteiger partial charge in [0.25, 0.3) is 0 Å². The summed E-state index contributed by atoms with van der Waals surface area (Å²) < 4.78 is 0. The van der Waals surface area contributed by atoms with Gasteiger partial charge in [-0.1, -0.05) is 37.3 Å². The first-order valence-electron chi connectivity index (χ1n) is 7.45. The van der Waals surface area contributed by atoms with Crippen LogP contribution in [0.2, 0.25) is 0 Å². The lowest BCUT2D eigenvalue weighted by Gasteiger charge is -2.33. The van der Waals surface area contributed by atoms with E-state index in [1.807, 2.05) is 6.07 Å². The molecule has 0 spiro atoms. The Morgan fingerprint density at radius 3 is 2.53 bits per heavy atom. The molecule has 0 aliphatic carbocycles. The molecule has 0 radical (unpaired) electrons. The number of piperidine rings is 1. The number of aliphatic hydroxyl groups is 1. The van der Waals surface area contributed by atoms with Crippen molar-refractivity contribution >= 4 is 0 Å². The maximum Gasteiger partial charge on any atom is 0.0587 e. The van der Waals surface area contributed by atoms with Gasteiger partial charge in [0.1, 0.15) is 0 Å². The number of hydrogen-bond donors (Lipinski definition) is 2. The summed E-state index contributed by atoms with van der Waals surface area (Å²) in [5.41, 5.74) is 1.29. The first kappa shape index (κ1) is 14.5. The van der Waals surface area contributed by atoms with Crippen LogP contribution in [0.5, 0.6) is 0 Å². The maximum absolute atomic E-state index is 9.54. The molecule has 0 saturated carbocycles. The van der Waals surface area contributed by atoms with Crippen molar-refractivity contribution in [3.8, 4) is 0 Å². The summed E-state index contributed by atoms with van der Waals surface area (Å²) in [6.45, 7) is 5.94. The molecule has 3 heteroatoms. The fourth-order valence-corrected chi connectivity index (χ4v) is 2.82. The van der Waals surface area contributed by atoms with Crippen molar-refractivity contribution in [2.75, 3.05) is 26.2 Å². The molecule has 1 aliphatic rings. The van der Waals surface area contributed by atoms with E-state index in [4.69, 9.17) is 0 Å². The van der Waals surface area contributed by atoms with Crippen LogP contribution in [0.3, 0.4) is 0 Å². The third-order valence-electron chi connectivity index (χ3n) is 4.05. The number of likely N-dealkylation sites (tertiary alicyclic amines) is 1. The predicted molar refractivity (Wildman–Crippen MR) is 79.3 cm³/mol. The Morgan fingerprint density at radius 1 is 1.26 bits per heavy atom. The van der Waals surface area contributed by atoms with E-state index in [0.717, 1.165) is 13.0 Å². The molecule has 1 aromatic carbocycles. The highest BCUT2D eigenvalue weighted by Crippen LogP contribution is 2.12. The van der Waals surface area contributed by atoms with Crippen LogP contribution < -0.4 is 5.32 Å². The van der Waals surface area contributed by atoms with Gasteiger partial charge in [0, 0.05) is 12.1 Å². The number of hydrogen-bond acceptors (Lipinski definition) is 3. The summed E-state index contributed by atoms with van der Waals surface area (Å²) in [5.74, 6) is 0. The van der Waals surface area contributed by atoms with Gasteiger partial charge in [0.05, 0.1) is 6.61 Å². The Morgan fingerprint density at radius 2 is 1.95 bits per heavy atom. The number of rotatable bonds is 6. The molecule has 1 fully saturated rings. The Hall–Kier alpha value is -0.900. The van der Waals surface area contributed by atoms with Crippen LogP contribution in [0.25, 0.3) is 0 Å². The lowest BCUT2D eigenvalue weighted by atomic mass is 10.0. The fourth-order valence-electron chi connectivity index (χ4n) is 2.82. The molecule has 2 rings (SSSR count). The number of nitrogens with zero attached hydrogens (tertiary/aromatic N) is 1. The number of aliphatic hydroxyl groups excluding tert-OH is 1. The van der Waals surface area contributed by atoms with Crippen molar-refractivity contribution in [3.63, 3.8) is 0 Å². The Kier molecular flexibility index (Phi) is 5.83. The quantitative estimate of drug-likeness (QED) is 0.818. The normalized spacial score (nSPS) is 19.5. The zero-order chi connectivity index (χ0) is 13.5. The summed E-state index contributed by atoms with van der Waals surface area (Å²) in [7, 11) is 0. The molecule has 0 amide bonds. The van der Waals surface area contributed by atoms with E-state index in [9.17, 15) is 5.11 Å². The molecule has 1 aromatic rings. The average Bonchev–Trinajstić information content (AvgIpc) is 2.48. The summed E-state index contributed by atoms with van der Waals surface area (Å²) in [4.78, 5) is 2.49. The first-order chi connectivity index (χ1) is 9.31. The summed E-state index contributed by atoms with van der Waals surface area (Å²) in [5, 5.41) is 13.2. The molecule has 2 N–H and O–H groups in total. The highest BCUT2D eigenvalue weighted by atomic mass is 16.3. The minimum Gasteiger partial charge on any atom is -0.395 e. The van der Waals surface area contributed by atoms with Crippen molar-refractivity contribution in [1.29, 1.82) is 0 Å². The van der Waals surface area contributed by atoms with Crippen LogP contribution in [0.4, 0.5) is 0 Å². The molecule has 19 heavy (non-hydrogen) atoms. The largest absolute Gasteiger partial charge is 0.395 e. The van der Waals surface area contributed by atoms with Gasteiger partial charge in [-0.2, -0.15) is 0 Å². The number of benzene rings is 1. The Balaban J connectivity index is 1.79. The first-order valence-corrected chi connectivity index (χ1v) is 7.45. The van der Waals surface area contributed by atoms with Gasteiger partial charge >= 0.3 is 0 Å². The third-order valence-corrected chi connectivity index (χ3v) is 4.05. The van der Waals surface area contributed by atoms with E-state index in [2.05, 4.69) is 41.4 Å². The fraction of sp³-hybridized carbons (Fsp3) is 0.625. The van der Waals surface area contributed by atoms with Gasteiger partial charge in [0.2, 0.25) is 0 Å². The lowest BCUT2D eigenvalue weighted by molar-refractivity contribution is 0.176. The topological polar surface area (TPSA) is 35.5 Å². The molecule has 1 unspecified atom stereocenters. The van der Waals surface area contributed by atoms with Crippen molar-refractivity contribution in [2.45, 2.75) is 38.3 Å². The summed E-state index contributed by atoms with van der Waals surface area (Å²) in [6, 6.07) is 11.1. The second kappa shape index (κ2) is 7.63. The van der Waals surface area contributed by atoms with E-state index >= 15 is 0 Å². The standard InChI is InChI=1S/C16H26N2O/c1-2-18-10-8-15(9-11-18)17-16(13-19)12-14-6-4-3-5-7-14/h3-7,15-17,19H,2,8-13H2,1H3. The van der Waals surface area contributed by atoms with Crippen LogP contribution in [-0.4, -0.2) is 48.3 Å². The van der Waals surface area contributed by atoms with Gasteiger partial charge in [0.15, 0.2) is 0 Å². The van der Waals surface area contributed by atoms with E-state index in [-0.39, 0.29) is 12.6 Å². The van der Waals surface area contributed by atoms with E-state index in [1.165, 1.54) is 31.5 Å². The summed E-state index contributed by atoms with van der Waals surface area (Å²) >= 11 is 0. The highest BCUT2D eigenvalue weighted by molar-refractivity contribution is 5.16. The van der Waals surface area contributed by atoms with Gasteiger partial charge in [-0.25, -0.2) is 0 Å². The molecule has 0 aromatic heterocycles. The SMILES string of the molecule is CCN1CCC(NC(CO)Cc2ccccc2)CC1. The van der Waals surface area contributed by atoms with Crippen LogP contribution in [0.1, 0.15) is 25.3 Å². The lowest BCUT2D eigenvalue weighted by Crippen LogP contribution is -2.48. The monoisotopic (exact) mass is 262 g/mol. The minimum absolute atomic E-state index is 0.181. The van der Waals surface area contributed by atoms with Gasteiger partial charge in [-0.05, 0) is 44.5 Å². The molecule has 106 valence electrons. The van der Waals surface area contributed by atoms with Crippen LogP contribution in [0, 0.1) is 0 Å². The van der Waals surface area contributed by atoms with E-state index in [1.54, 1.807) is 0 Å². The average molecular weight is 262 g/mol. The maximum atomic E-state index is 9.54. The van der Waals surface area contributed by atoms with Gasteiger partial charge in [-0.3, -0.25) is 0 Å². The zero-order valence-corrected chi connectivity index (χ0v) is 11.9. The molecular formula is C16H26N2O. The Labute approximate surface area is 116 Å². The smallest absolute Gasteiger partial charge is 0.0587 e. The van der Waals surface area contributed by atoms with Gasteiger partial charge < -0.3 is 15.3 Å². The minimum atomic E-state index is 0.181. The molecule has 0 bridgehead atoms. The second-order valence-corrected chi connectivity index (χ2v) is 5.44. The molecule has 1 aliphatic heterocycles. The third kappa shape index (κ3) is 4.60. The second-order valence-electron chi connectivity index (χ2n) is 5.44. The zero-order valence-electron chi connectivity index (χ0n) is 11.9. The summed E-state index contributed by atoms with van der Waals surface area (Å²) in [6.07, 6.45) is 3.30. The molecule has 3 nitrogen and oxygen atoms in total. The predicted octanol–water partition coefficient (Wildman–Crippen LogP) is 1.66. The van der Waals surface area contributed by atoms with Crippen LogP contribution in [0.15, 0.2) is 30.3 Å².